The van der Waals surface area contributed by atoms with Crippen molar-refractivity contribution in [3.8, 4) is 5.75 Å². The van der Waals surface area contributed by atoms with Crippen molar-refractivity contribution >= 4 is 17.2 Å². The first-order valence-corrected chi connectivity index (χ1v) is 8.85. The Balaban J connectivity index is 1.65. The summed E-state index contributed by atoms with van der Waals surface area (Å²) in [6, 6.07) is 8.37. The van der Waals surface area contributed by atoms with E-state index in [0.717, 1.165) is 39.5 Å². The lowest BCUT2D eigenvalue weighted by Crippen LogP contribution is -2.60. The predicted octanol–water partition coefficient (Wildman–Crippen LogP) is 2.29. The number of aliphatic hydroxyl groups excluding tert-OH is 1. The molecule has 2 aromatic rings. The highest BCUT2D eigenvalue weighted by Crippen LogP contribution is 2.37. The maximum atomic E-state index is 9.60. The third kappa shape index (κ3) is 2.90. The zero-order chi connectivity index (χ0) is 17.6. The van der Waals surface area contributed by atoms with Gasteiger partial charge in [-0.2, -0.15) is 0 Å². The van der Waals surface area contributed by atoms with Crippen molar-refractivity contribution in [3.63, 3.8) is 0 Å². The van der Waals surface area contributed by atoms with Gasteiger partial charge >= 0.3 is 0 Å². The molecule has 4 rings (SSSR count). The van der Waals surface area contributed by atoms with Gasteiger partial charge < -0.3 is 15.2 Å². The number of nitrogens with zero attached hydrogens (tertiary/aromatic N) is 1. The van der Waals surface area contributed by atoms with Gasteiger partial charge in [0.2, 0.25) is 0 Å². The normalized spacial score (nSPS) is 24.8. The molecule has 130 valence electrons. The molecule has 3 N–H and O–H groups in total. The van der Waals surface area contributed by atoms with Gasteiger partial charge in [0.05, 0.1) is 23.2 Å². The molecule has 0 spiro atoms. The molecule has 0 radical (unpaired) electrons. The van der Waals surface area contributed by atoms with E-state index in [9.17, 15) is 5.11 Å². The highest BCUT2D eigenvalue weighted by Gasteiger charge is 2.40. The first kappa shape index (κ1) is 16.4. The van der Waals surface area contributed by atoms with E-state index in [-0.39, 0.29) is 24.9 Å². The number of pyridine rings is 1. The van der Waals surface area contributed by atoms with Crippen LogP contribution in [0.1, 0.15) is 34.1 Å². The molecule has 0 aliphatic carbocycles. The van der Waals surface area contributed by atoms with Crippen LogP contribution >= 0.6 is 12.2 Å². The molecular formula is C19H21N3O2S. The Bertz CT molecular complexity index is 822. The molecule has 25 heavy (non-hydrogen) atoms. The van der Waals surface area contributed by atoms with Crippen LogP contribution in [-0.4, -0.2) is 21.3 Å². The molecule has 1 aromatic carbocycles. The first-order valence-electron chi connectivity index (χ1n) is 8.44. The molecule has 3 unspecified atom stereocenters. The van der Waals surface area contributed by atoms with Crippen LogP contribution in [0.15, 0.2) is 30.5 Å². The van der Waals surface area contributed by atoms with E-state index in [0.29, 0.717) is 0 Å². The molecule has 0 amide bonds. The SMILES string of the molecule is Cc1ccc(C2NC(=S)C3Cc4c(CO)cnc(C)c4OC3N2)cc1. The molecule has 1 aromatic heterocycles. The quantitative estimate of drug-likeness (QED) is 0.719. The number of fused-ring (bicyclic) bond motifs is 2. The molecule has 5 nitrogen and oxygen atoms in total. The minimum absolute atomic E-state index is 0.0382. The highest BCUT2D eigenvalue weighted by molar-refractivity contribution is 7.80. The minimum atomic E-state index is -0.206. The van der Waals surface area contributed by atoms with E-state index in [4.69, 9.17) is 17.0 Å². The summed E-state index contributed by atoms with van der Waals surface area (Å²) in [7, 11) is 0. The zero-order valence-corrected chi connectivity index (χ0v) is 15.1. The van der Waals surface area contributed by atoms with E-state index in [1.165, 1.54) is 5.56 Å². The number of aliphatic hydroxyl groups is 1. The molecule has 1 fully saturated rings. The van der Waals surface area contributed by atoms with Crippen molar-refractivity contribution in [2.45, 2.75) is 39.3 Å². The van der Waals surface area contributed by atoms with Gasteiger partial charge in [0.25, 0.3) is 0 Å². The fourth-order valence-corrected chi connectivity index (χ4v) is 3.83. The van der Waals surface area contributed by atoms with E-state index in [1.807, 2.05) is 6.92 Å². The van der Waals surface area contributed by atoms with E-state index in [1.54, 1.807) is 6.20 Å². The Morgan fingerprint density at radius 1 is 1.28 bits per heavy atom. The predicted molar refractivity (Wildman–Crippen MR) is 99.3 cm³/mol. The second kappa shape index (κ2) is 6.37. The third-order valence-electron chi connectivity index (χ3n) is 4.97. The molecule has 6 heteroatoms. The van der Waals surface area contributed by atoms with Gasteiger partial charge in [-0.3, -0.25) is 10.3 Å². The Labute approximate surface area is 152 Å². The van der Waals surface area contributed by atoms with Gasteiger partial charge in [-0.05, 0) is 25.8 Å². The number of aryl methyl sites for hydroxylation is 2. The average molecular weight is 355 g/mol. The van der Waals surface area contributed by atoms with Crippen LogP contribution in [-0.2, 0) is 13.0 Å². The summed E-state index contributed by atoms with van der Waals surface area (Å²) < 4.78 is 6.24. The van der Waals surface area contributed by atoms with E-state index in [2.05, 4.69) is 46.8 Å². The number of hydrogen-bond acceptors (Lipinski definition) is 5. The van der Waals surface area contributed by atoms with Gasteiger partial charge in [-0.25, -0.2) is 0 Å². The summed E-state index contributed by atoms with van der Waals surface area (Å²) in [6.45, 7) is 3.95. The summed E-state index contributed by atoms with van der Waals surface area (Å²) in [4.78, 5) is 5.14. The lowest BCUT2D eigenvalue weighted by Gasteiger charge is -2.43. The summed E-state index contributed by atoms with van der Waals surface area (Å²) >= 11 is 5.64. The molecule has 2 aliphatic rings. The van der Waals surface area contributed by atoms with Crippen LogP contribution in [0.3, 0.4) is 0 Å². The van der Waals surface area contributed by atoms with Gasteiger partial charge in [0.15, 0.2) is 6.23 Å². The van der Waals surface area contributed by atoms with Crippen LogP contribution < -0.4 is 15.4 Å². The number of benzene rings is 1. The standard InChI is InChI=1S/C19H21N3O2S/c1-10-3-5-12(6-4-10)17-21-18-15(19(25)22-17)7-14-13(9-23)8-20-11(2)16(14)24-18/h3-6,8,15,17-18,21,23H,7,9H2,1-2H3,(H,22,25). The molecular weight excluding hydrogens is 334 g/mol. The fourth-order valence-electron chi connectivity index (χ4n) is 3.50. The summed E-state index contributed by atoms with van der Waals surface area (Å²) in [5, 5.41) is 16.5. The molecule has 3 atom stereocenters. The topological polar surface area (TPSA) is 66.4 Å². The van der Waals surface area contributed by atoms with Crippen LogP contribution in [0.25, 0.3) is 0 Å². The highest BCUT2D eigenvalue weighted by atomic mass is 32.1. The second-order valence-electron chi connectivity index (χ2n) is 6.70. The summed E-state index contributed by atoms with van der Waals surface area (Å²) in [5.41, 5.74) is 5.00. The van der Waals surface area contributed by atoms with Crippen LogP contribution in [0, 0.1) is 19.8 Å². The van der Waals surface area contributed by atoms with Crippen molar-refractivity contribution in [3.05, 3.63) is 58.4 Å². The summed E-state index contributed by atoms with van der Waals surface area (Å²) in [6.07, 6.45) is 2.17. The zero-order valence-electron chi connectivity index (χ0n) is 14.2. The van der Waals surface area contributed by atoms with E-state index < -0.39 is 0 Å². The van der Waals surface area contributed by atoms with Crippen LogP contribution in [0.2, 0.25) is 0 Å². The molecule has 0 bridgehead atoms. The van der Waals surface area contributed by atoms with Crippen molar-refractivity contribution in [2.24, 2.45) is 5.92 Å². The van der Waals surface area contributed by atoms with Gasteiger partial charge in [0.1, 0.15) is 11.9 Å². The lowest BCUT2D eigenvalue weighted by molar-refractivity contribution is 0.0782. The Hall–Kier alpha value is -2.02. The molecule has 2 aliphatic heterocycles. The van der Waals surface area contributed by atoms with Crippen molar-refractivity contribution in [1.29, 1.82) is 0 Å². The average Bonchev–Trinajstić information content (AvgIpc) is 2.62. The Morgan fingerprint density at radius 3 is 2.76 bits per heavy atom. The van der Waals surface area contributed by atoms with E-state index >= 15 is 0 Å². The van der Waals surface area contributed by atoms with Crippen molar-refractivity contribution in [1.82, 2.24) is 15.6 Å². The van der Waals surface area contributed by atoms with Gasteiger partial charge in [0, 0.05) is 17.3 Å². The smallest absolute Gasteiger partial charge is 0.161 e. The second-order valence-corrected chi connectivity index (χ2v) is 7.14. The van der Waals surface area contributed by atoms with Gasteiger partial charge in [-0.1, -0.05) is 42.0 Å². The van der Waals surface area contributed by atoms with Crippen molar-refractivity contribution in [2.75, 3.05) is 0 Å². The van der Waals surface area contributed by atoms with Crippen LogP contribution in [0.5, 0.6) is 5.75 Å². The maximum absolute atomic E-state index is 9.60. The Morgan fingerprint density at radius 2 is 2.04 bits per heavy atom. The van der Waals surface area contributed by atoms with Gasteiger partial charge in [-0.15, -0.1) is 0 Å². The number of ether oxygens (including phenoxy) is 1. The summed E-state index contributed by atoms with van der Waals surface area (Å²) in [5.74, 6) is 0.809. The number of thiocarbonyl (C=S) groups is 1. The Kier molecular flexibility index (Phi) is 4.19. The number of nitrogens with one attached hydrogen (secondary N) is 2. The molecule has 3 heterocycles. The lowest BCUT2D eigenvalue weighted by atomic mass is 9.89. The minimum Gasteiger partial charge on any atom is -0.472 e. The van der Waals surface area contributed by atoms with Crippen molar-refractivity contribution < 1.29 is 9.84 Å². The fraction of sp³-hybridized carbons (Fsp3) is 0.368. The first-order chi connectivity index (χ1) is 12.1. The third-order valence-corrected chi connectivity index (χ3v) is 5.39. The van der Waals surface area contributed by atoms with Crippen LogP contribution in [0.4, 0.5) is 0 Å². The number of aromatic nitrogens is 1. The number of rotatable bonds is 2. The molecule has 1 saturated heterocycles. The largest absolute Gasteiger partial charge is 0.472 e. The monoisotopic (exact) mass is 355 g/mol. The molecule has 0 saturated carbocycles. The number of hydrogen-bond donors (Lipinski definition) is 3. The maximum Gasteiger partial charge on any atom is 0.161 e.